The van der Waals surface area contributed by atoms with Gasteiger partial charge in [0.05, 0.1) is 13.2 Å². The fourth-order valence-corrected chi connectivity index (χ4v) is 1.23. The first-order valence-electron chi connectivity index (χ1n) is 4.07. The third kappa shape index (κ3) is 1.78. The molecule has 0 aromatic heterocycles. The van der Waals surface area contributed by atoms with Crippen LogP contribution in [0.25, 0.3) is 0 Å². The highest BCUT2D eigenvalue weighted by Crippen LogP contribution is 2.16. The van der Waals surface area contributed by atoms with Crippen molar-refractivity contribution < 1.29 is 10.2 Å². The summed E-state index contributed by atoms with van der Waals surface area (Å²) < 4.78 is 0. The monoisotopic (exact) mass is 186 g/mol. The van der Waals surface area contributed by atoms with Crippen molar-refractivity contribution in [1.29, 1.82) is 0 Å². The molecule has 14 heavy (non-hydrogen) atoms. The standard InChI is InChI=1S/C12H10O2/c1-3-9-5-10(4-2)12(8-14)6-11(9)7-13/h1-2,5-6,13-14H,7-8H2. The van der Waals surface area contributed by atoms with Crippen LogP contribution in [0.4, 0.5) is 0 Å². The molecule has 0 radical (unpaired) electrons. The van der Waals surface area contributed by atoms with Gasteiger partial charge in [0.2, 0.25) is 0 Å². The molecule has 0 unspecified atom stereocenters. The Labute approximate surface area is 83.2 Å². The van der Waals surface area contributed by atoms with Crippen LogP contribution in [0.3, 0.4) is 0 Å². The van der Waals surface area contributed by atoms with Gasteiger partial charge in [-0.15, -0.1) is 12.8 Å². The fraction of sp³-hybridized carbons (Fsp3) is 0.167. The zero-order chi connectivity index (χ0) is 10.6. The highest BCUT2D eigenvalue weighted by atomic mass is 16.3. The van der Waals surface area contributed by atoms with Gasteiger partial charge < -0.3 is 10.2 Å². The number of hydrogen-bond donors (Lipinski definition) is 2. The molecule has 0 spiro atoms. The summed E-state index contributed by atoms with van der Waals surface area (Å²) in [5, 5.41) is 18.0. The number of hydrogen-bond acceptors (Lipinski definition) is 2. The molecule has 0 saturated carbocycles. The van der Waals surface area contributed by atoms with Gasteiger partial charge >= 0.3 is 0 Å². The average molecular weight is 186 g/mol. The zero-order valence-electron chi connectivity index (χ0n) is 7.62. The summed E-state index contributed by atoms with van der Waals surface area (Å²) in [4.78, 5) is 0. The van der Waals surface area contributed by atoms with Gasteiger partial charge in [-0.2, -0.15) is 0 Å². The van der Waals surface area contributed by atoms with Gasteiger partial charge in [0, 0.05) is 11.1 Å². The quantitative estimate of drug-likeness (QED) is 0.665. The van der Waals surface area contributed by atoms with Crippen LogP contribution in [0.1, 0.15) is 22.3 Å². The van der Waals surface area contributed by atoms with Crippen molar-refractivity contribution in [2.45, 2.75) is 13.2 Å². The van der Waals surface area contributed by atoms with Crippen LogP contribution < -0.4 is 0 Å². The molecule has 0 aliphatic carbocycles. The molecular formula is C12H10O2. The van der Waals surface area contributed by atoms with Crippen molar-refractivity contribution in [2.24, 2.45) is 0 Å². The van der Waals surface area contributed by atoms with Crippen molar-refractivity contribution in [1.82, 2.24) is 0 Å². The van der Waals surface area contributed by atoms with Crippen LogP contribution in [-0.2, 0) is 13.2 Å². The van der Waals surface area contributed by atoms with E-state index in [1.807, 2.05) is 0 Å². The van der Waals surface area contributed by atoms with Gasteiger partial charge in [0.25, 0.3) is 0 Å². The predicted molar refractivity (Wildman–Crippen MR) is 54.2 cm³/mol. The third-order valence-electron chi connectivity index (χ3n) is 1.98. The zero-order valence-corrected chi connectivity index (χ0v) is 7.62. The van der Waals surface area contributed by atoms with Gasteiger partial charge in [-0.1, -0.05) is 11.8 Å². The summed E-state index contributed by atoms with van der Waals surface area (Å²) in [7, 11) is 0. The second-order valence-corrected chi connectivity index (χ2v) is 2.77. The Morgan fingerprint density at radius 2 is 1.36 bits per heavy atom. The summed E-state index contributed by atoms with van der Waals surface area (Å²) in [5.41, 5.74) is 2.35. The minimum atomic E-state index is -0.155. The lowest BCUT2D eigenvalue weighted by atomic mass is 9.99. The maximum Gasteiger partial charge on any atom is 0.0694 e. The molecule has 1 aromatic rings. The predicted octanol–water partition coefficient (Wildman–Crippen LogP) is 0.634. The number of aliphatic hydroxyl groups excluding tert-OH is 2. The number of benzene rings is 1. The Morgan fingerprint density at radius 3 is 1.64 bits per heavy atom. The first-order chi connectivity index (χ1) is 6.76. The normalized spacial score (nSPS) is 9.14. The van der Waals surface area contributed by atoms with E-state index < -0.39 is 0 Å². The lowest BCUT2D eigenvalue weighted by Gasteiger charge is -2.06. The number of rotatable bonds is 2. The van der Waals surface area contributed by atoms with Crippen molar-refractivity contribution >= 4 is 0 Å². The number of aliphatic hydroxyl groups is 2. The van der Waals surface area contributed by atoms with E-state index in [0.717, 1.165) is 0 Å². The molecule has 0 bridgehead atoms. The van der Waals surface area contributed by atoms with E-state index in [-0.39, 0.29) is 13.2 Å². The Bertz CT molecular complexity index is 382. The molecule has 1 aromatic carbocycles. The number of terminal acetylenes is 2. The van der Waals surface area contributed by atoms with E-state index in [1.54, 1.807) is 12.1 Å². The Kier molecular flexibility index (Phi) is 3.31. The van der Waals surface area contributed by atoms with E-state index in [1.165, 1.54) is 0 Å². The summed E-state index contributed by atoms with van der Waals surface area (Å²) in [6.45, 7) is -0.311. The van der Waals surface area contributed by atoms with Crippen molar-refractivity contribution in [3.05, 3.63) is 34.4 Å². The highest BCUT2D eigenvalue weighted by molar-refractivity contribution is 5.51. The molecule has 0 atom stereocenters. The molecule has 0 saturated heterocycles. The Balaban J connectivity index is 3.39. The molecule has 0 aliphatic rings. The van der Waals surface area contributed by atoms with E-state index in [2.05, 4.69) is 11.8 Å². The van der Waals surface area contributed by atoms with Crippen molar-refractivity contribution in [2.75, 3.05) is 0 Å². The summed E-state index contributed by atoms with van der Waals surface area (Å²) in [6, 6.07) is 3.25. The second kappa shape index (κ2) is 4.48. The molecule has 2 heteroatoms. The minimum absolute atomic E-state index is 0.155. The molecule has 0 aliphatic heterocycles. The minimum Gasteiger partial charge on any atom is -0.392 e. The van der Waals surface area contributed by atoms with Gasteiger partial charge in [0.15, 0.2) is 0 Å². The molecule has 1 rings (SSSR count). The summed E-state index contributed by atoms with van der Waals surface area (Å²) in [6.07, 6.45) is 10.5. The van der Waals surface area contributed by atoms with Crippen LogP contribution in [0.2, 0.25) is 0 Å². The SMILES string of the molecule is C#Cc1cc(C#C)c(CO)cc1CO. The third-order valence-corrected chi connectivity index (χ3v) is 1.98. The van der Waals surface area contributed by atoms with Gasteiger partial charge in [0.1, 0.15) is 0 Å². The Morgan fingerprint density at radius 1 is 0.929 bits per heavy atom. The molecule has 0 heterocycles. The second-order valence-electron chi connectivity index (χ2n) is 2.77. The smallest absolute Gasteiger partial charge is 0.0694 e. The van der Waals surface area contributed by atoms with Crippen LogP contribution in [-0.4, -0.2) is 10.2 Å². The first kappa shape index (κ1) is 10.3. The first-order valence-corrected chi connectivity index (χ1v) is 4.07. The largest absolute Gasteiger partial charge is 0.392 e. The van der Waals surface area contributed by atoms with Gasteiger partial charge in [-0.25, -0.2) is 0 Å². The molecule has 2 nitrogen and oxygen atoms in total. The molecule has 2 N–H and O–H groups in total. The topological polar surface area (TPSA) is 40.5 Å². The molecular weight excluding hydrogens is 176 g/mol. The van der Waals surface area contributed by atoms with Crippen LogP contribution in [0.15, 0.2) is 12.1 Å². The van der Waals surface area contributed by atoms with Crippen molar-refractivity contribution in [3.8, 4) is 24.7 Å². The maximum absolute atomic E-state index is 9.00. The van der Waals surface area contributed by atoms with E-state index >= 15 is 0 Å². The fourth-order valence-electron chi connectivity index (χ4n) is 1.23. The van der Waals surface area contributed by atoms with Gasteiger partial charge in [-0.3, -0.25) is 0 Å². The maximum atomic E-state index is 9.00. The lowest BCUT2D eigenvalue weighted by molar-refractivity contribution is 0.275. The molecule has 0 amide bonds. The van der Waals surface area contributed by atoms with E-state index in [0.29, 0.717) is 22.3 Å². The van der Waals surface area contributed by atoms with Crippen LogP contribution in [0, 0.1) is 24.7 Å². The Hall–Kier alpha value is -1.74. The molecule has 70 valence electrons. The molecule has 0 fully saturated rings. The summed E-state index contributed by atoms with van der Waals surface area (Å²) >= 11 is 0. The van der Waals surface area contributed by atoms with Gasteiger partial charge in [-0.05, 0) is 23.3 Å². The van der Waals surface area contributed by atoms with Crippen LogP contribution >= 0.6 is 0 Å². The van der Waals surface area contributed by atoms with Crippen LogP contribution in [0.5, 0.6) is 0 Å². The summed E-state index contributed by atoms with van der Waals surface area (Å²) in [5.74, 6) is 4.87. The van der Waals surface area contributed by atoms with Crippen molar-refractivity contribution in [3.63, 3.8) is 0 Å². The lowest BCUT2D eigenvalue weighted by Crippen LogP contribution is -1.97. The average Bonchev–Trinajstić information content (AvgIpc) is 2.26. The van der Waals surface area contributed by atoms with E-state index in [4.69, 9.17) is 23.1 Å². The highest BCUT2D eigenvalue weighted by Gasteiger charge is 2.05. The van der Waals surface area contributed by atoms with E-state index in [9.17, 15) is 0 Å².